The highest BCUT2D eigenvalue weighted by Crippen LogP contribution is 2.27. The van der Waals surface area contributed by atoms with Crippen molar-refractivity contribution in [1.82, 2.24) is 15.1 Å². The molecule has 0 radical (unpaired) electrons. The summed E-state index contributed by atoms with van der Waals surface area (Å²) in [6, 6.07) is -0.0918. The Labute approximate surface area is 107 Å². The van der Waals surface area contributed by atoms with Crippen LogP contribution in [-0.2, 0) is 4.79 Å². The fourth-order valence-electron chi connectivity index (χ4n) is 3.39. The number of amides is 3. The van der Waals surface area contributed by atoms with Gasteiger partial charge in [0.15, 0.2) is 0 Å². The van der Waals surface area contributed by atoms with Crippen molar-refractivity contribution in [2.24, 2.45) is 5.92 Å². The molecule has 3 amide bonds. The molecule has 100 valence electrons. The molecule has 0 bridgehead atoms. The number of hydrogen-bond donors (Lipinski definition) is 1. The molecule has 0 aromatic heterocycles. The van der Waals surface area contributed by atoms with Gasteiger partial charge in [0.1, 0.15) is 0 Å². The molecule has 2 heterocycles. The standard InChI is InChI=1S/C13H21N3O2/c17-12-6-14-13(18)16(12)11-8-15(9-11)7-10-4-2-1-3-5-10/h10-11H,1-9H2,(H,14,18). The first-order valence-corrected chi connectivity index (χ1v) is 7.06. The fourth-order valence-corrected chi connectivity index (χ4v) is 3.39. The molecule has 1 saturated carbocycles. The molecule has 18 heavy (non-hydrogen) atoms. The molecule has 5 heteroatoms. The summed E-state index contributed by atoms with van der Waals surface area (Å²) >= 11 is 0. The van der Waals surface area contributed by atoms with Crippen molar-refractivity contribution < 1.29 is 9.59 Å². The summed E-state index contributed by atoms with van der Waals surface area (Å²) in [5.41, 5.74) is 0. The van der Waals surface area contributed by atoms with Gasteiger partial charge in [0.2, 0.25) is 5.91 Å². The third-order valence-corrected chi connectivity index (χ3v) is 4.42. The van der Waals surface area contributed by atoms with E-state index in [0.717, 1.165) is 25.6 Å². The van der Waals surface area contributed by atoms with Gasteiger partial charge >= 0.3 is 6.03 Å². The second kappa shape index (κ2) is 4.88. The Kier molecular flexibility index (Phi) is 3.24. The maximum Gasteiger partial charge on any atom is 0.324 e. The zero-order valence-corrected chi connectivity index (χ0v) is 10.7. The van der Waals surface area contributed by atoms with Crippen molar-refractivity contribution in [3.8, 4) is 0 Å². The average Bonchev–Trinajstić information content (AvgIpc) is 2.65. The summed E-state index contributed by atoms with van der Waals surface area (Å²) in [5, 5.41) is 2.58. The van der Waals surface area contributed by atoms with E-state index in [-0.39, 0.29) is 24.5 Å². The van der Waals surface area contributed by atoms with Crippen LogP contribution in [-0.4, -0.2) is 54.0 Å². The smallest absolute Gasteiger partial charge is 0.324 e. The van der Waals surface area contributed by atoms with Crippen LogP contribution in [0.3, 0.4) is 0 Å². The summed E-state index contributed by atoms with van der Waals surface area (Å²) in [7, 11) is 0. The van der Waals surface area contributed by atoms with Gasteiger partial charge in [0.25, 0.3) is 0 Å². The SMILES string of the molecule is O=C1CNC(=O)N1C1CN(CC2CCCCC2)C1. The Bertz CT molecular complexity index is 330. The number of imide groups is 1. The van der Waals surface area contributed by atoms with Crippen LogP contribution in [0.1, 0.15) is 32.1 Å². The monoisotopic (exact) mass is 251 g/mol. The van der Waals surface area contributed by atoms with Gasteiger partial charge in [0.05, 0.1) is 12.6 Å². The number of nitrogens with one attached hydrogen (secondary N) is 1. The van der Waals surface area contributed by atoms with Crippen molar-refractivity contribution >= 4 is 11.9 Å². The first-order valence-electron chi connectivity index (χ1n) is 7.06. The number of carbonyl (C=O) groups is 2. The lowest BCUT2D eigenvalue weighted by Gasteiger charge is -2.44. The van der Waals surface area contributed by atoms with Gasteiger partial charge in [-0.25, -0.2) is 4.79 Å². The first-order chi connectivity index (χ1) is 8.74. The zero-order valence-electron chi connectivity index (χ0n) is 10.7. The summed E-state index contributed by atoms with van der Waals surface area (Å²) in [4.78, 5) is 26.8. The predicted octanol–water partition coefficient (Wildman–Crippen LogP) is 0.803. The zero-order chi connectivity index (χ0) is 12.5. The number of rotatable bonds is 3. The van der Waals surface area contributed by atoms with Crippen LogP contribution in [0.4, 0.5) is 4.79 Å². The third kappa shape index (κ3) is 2.23. The normalized spacial score (nSPS) is 27.4. The topological polar surface area (TPSA) is 52.7 Å². The van der Waals surface area contributed by atoms with Crippen LogP contribution in [0.2, 0.25) is 0 Å². The molecule has 0 spiro atoms. The Morgan fingerprint density at radius 3 is 2.44 bits per heavy atom. The van der Waals surface area contributed by atoms with Crippen LogP contribution in [0.15, 0.2) is 0 Å². The van der Waals surface area contributed by atoms with Crippen molar-refractivity contribution in [1.29, 1.82) is 0 Å². The summed E-state index contributed by atoms with van der Waals surface area (Å²) in [5.74, 6) is 0.769. The number of carbonyl (C=O) groups excluding carboxylic acids is 2. The second-order valence-corrected chi connectivity index (χ2v) is 5.80. The number of nitrogens with zero attached hydrogens (tertiary/aromatic N) is 2. The lowest BCUT2D eigenvalue weighted by atomic mass is 9.88. The molecule has 3 rings (SSSR count). The number of hydrogen-bond acceptors (Lipinski definition) is 3. The molecule has 3 aliphatic rings. The fraction of sp³-hybridized carbons (Fsp3) is 0.846. The molecule has 3 fully saturated rings. The lowest BCUT2D eigenvalue weighted by Crippen LogP contribution is -2.61. The van der Waals surface area contributed by atoms with Crippen LogP contribution in [0.5, 0.6) is 0 Å². The van der Waals surface area contributed by atoms with E-state index in [2.05, 4.69) is 10.2 Å². The largest absolute Gasteiger partial charge is 0.329 e. The minimum absolute atomic E-state index is 0.0673. The van der Waals surface area contributed by atoms with Crippen molar-refractivity contribution in [3.05, 3.63) is 0 Å². The summed E-state index contributed by atoms with van der Waals surface area (Å²) in [6.07, 6.45) is 6.83. The highest BCUT2D eigenvalue weighted by atomic mass is 16.2. The van der Waals surface area contributed by atoms with Gasteiger partial charge in [-0.2, -0.15) is 0 Å². The Hall–Kier alpha value is -1.10. The number of likely N-dealkylation sites (tertiary alicyclic amines) is 1. The minimum atomic E-state index is -0.206. The molecule has 2 aliphatic heterocycles. The third-order valence-electron chi connectivity index (χ3n) is 4.42. The molecule has 0 aromatic carbocycles. The van der Waals surface area contributed by atoms with Crippen LogP contribution < -0.4 is 5.32 Å². The van der Waals surface area contributed by atoms with E-state index < -0.39 is 0 Å². The van der Waals surface area contributed by atoms with Crippen molar-refractivity contribution in [3.63, 3.8) is 0 Å². The molecule has 0 atom stereocenters. The van der Waals surface area contributed by atoms with Crippen molar-refractivity contribution in [2.75, 3.05) is 26.2 Å². The van der Waals surface area contributed by atoms with Gasteiger partial charge in [-0.15, -0.1) is 0 Å². The summed E-state index contributed by atoms with van der Waals surface area (Å²) < 4.78 is 0. The molecule has 0 unspecified atom stereocenters. The Balaban J connectivity index is 1.45. The summed E-state index contributed by atoms with van der Waals surface area (Å²) in [6.45, 7) is 3.07. The molecule has 1 aliphatic carbocycles. The maximum atomic E-state index is 11.5. The molecule has 1 N–H and O–H groups in total. The minimum Gasteiger partial charge on any atom is -0.329 e. The van der Waals surface area contributed by atoms with E-state index in [1.54, 1.807) is 0 Å². The molecule has 0 aromatic rings. The van der Waals surface area contributed by atoms with E-state index in [9.17, 15) is 9.59 Å². The molecular weight excluding hydrogens is 230 g/mol. The van der Waals surface area contributed by atoms with Gasteiger partial charge in [-0.1, -0.05) is 19.3 Å². The van der Waals surface area contributed by atoms with E-state index in [1.807, 2.05) is 0 Å². The second-order valence-electron chi connectivity index (χ2n) is 5.80. The van der Waals surface area contributed by atoms with E-state index in [4.69, 9.17) is 0 Å². The van der Waals surface area contributed by atoms with Crippen LogP contribution in [0.25, 0.3) is 0 Å². The molecular formula is C13H21N3O2. The number of urea groups is 1. The highest BCUT2D eigenvalue weighted by Gasteiger charge is 2.41. The van der Waals surface area contributed by atoms with Crippen LogP contribution >= 0.6 is 0 Å². The quantitative estimate of drug-likeness (QED) is 0.755. The Morgan fingerprint density at radius 2 is 1.83 bits per heavy atom. The van der Waals surface area contributed by atoms with E-state index >= 15 is 0 Å². The first kappa shape index (κ1) is 12.0. The Morgan fingerprint density at radius 1 is 1.11 bits per heavy atom. The lowest BCUT2D eigenvalue weighted by molar-refractivity contribution is -0.129. The van der Waals surface area contributed by atoms with Gasteiger partial charge in [-0.3, -0.25) is 14.6 Å². The van der Waals surface area contributed by atoms with E-state index in [0.29, 0.717) is 0 Å². The predicted molar refractivity (Wildman–Crippen MR) is 67.0 cm³/mol. The molecule has 2 saturated heterocycles. The molecule has 5 nitrogen and oxygen atoms in total. The van der Waals surface area contributed by atoms with Crippen molar-refractivity contribution in [2.45, 2.75) is 38.1 Å². The average molecular weight is 251 g/mol. The van der Waals surface area contributed by atoms with Gasteiger partial charge in [-0.05, 0) is 18.8 Å². The maximum absolute atomic E-state index is 11.5. The van der Waals surface area contributed by atoms with Crippen LogP contribution in [0, 0.1) is 5.92 Å². The van der Waals surface area contributed by atoms with Gasteiger partial charge < -0.3 is 5.32 Å². The highest BCUT2D eigenvalue weighted by molar-refractivity contribution is 6.02. The van der Waals surface area contributed by atoms with E-state index in [1.165, 1.54) is 37.0 Å². The van der Waals surface area contributed by atoms with Gasteiger partial charge in [0, 0.05) is 19.6 Å².